The van der Waals surface area contributed by atoms with Crippen LogP contribution in [0.15, 0.2) is 52.8 Å². The van der Waals surface area contributed by atoms with Crippen molar-refractivity contribution < 1.29 is 53.0 Å². The van der Waals surface area contributed by atoms with Gasteiger partial charge in [-0.3, -0.25) is 48.3 Å². The molecule has 0 aliphatic heterocycles. The average molecular weight is 1100 g/mol. The van der Waals surface area contributed by atoms with E-state index in [0.29, 0.717) is 25.0 Å². The van der Waals surface area contributed by atoms with Crippen molar-refractivity contribution >= 4 is 65.2 Å². The Hall–Kier alpha value is -7.88. The third-order valence-electron chi connectivity index (χ3n) is 12.2. The van der Waals surface area contributed by atoms with Crippen molar-refractivity contribution in [2.75, 3.05) is 19.6 Å². The molecule has 0 saturated carbocycles. The number of nitrogens with zero attached hydrogens (tertiary/aromatic N) is 3. The van der Waals surface area contributed by atoms with Crippen LogP contribution in [0.2, 0.25) is 0 Å². The molecule has 1 unspecified atom stereocenters. The lowest BCUT2D eigenvalue weighted by Crippen LogP contribution is -2.61. The van der Waals surface area contributed by atoms with Gasteiger partial charge in [0.25, 0.3) is 0 Å². The molecule has 28 nitrogen and oxygen atoms in total. The molecule has 1 heterocycles. The number of benzene rings is 1. The van der Waals surface area contributed by atoms with Crippen LogP contribution < -0.4 is 71.6 Å². The minimum absolute atomic E-state index is 0.0292. The lowest BCUT2D eigenvalue weighted by molar-refractivity contribution is -0.156. The standard InChI is InChI=1S/C50H83N17O11/c1-7-28(4)38(47(75)67-39(48(76)77)40(78-30(6)68)31-15-9-8-10-16-31)66-46(74)37(23-27(2)3)65-45(73)36(19-14-22-59-50(55)56)64-44(72)35(18-13-21-58-49(53)54)63-43(71)34(17-11-12-20-51)62-41(69)29(5)61-42(70)33(52)24-32-25-57-26-60-32/h8-10,15-16,25-29,33-40H,7,11-14,17-24,51-52H2,1-6H3,(H,57,60)(H,61,70)(H,62,69)(H,63,71)(H,64,72)(H,65,73)(H,66,74)(H,67,75)(H,76,77)(H4,53,54,58)(H4,55,56,59)/t28-,29-,33-,34-,35-,36-,37-,38-,39+,40?/m0/s1. The van der Waals surface area contributed by atoms with Gasteiger partial charge < -0.3 is 86.4 Å². The van der Waals surface area contributed by atoms with E-state index < -0.39 is 114 Å². The van der Waals surface area contributed by atoms with Crippen LogP contribution in [0.25, 0.3) is 0 Å². The number of guanidine groups is 2. The molecular weight excluding hydrogens is 1010 g/mol. The average Bonchev–Trinajstić information content (AvgIpc) is 3.90. The summed E-state index contributed by atoms with van der Waals surface area (Å²) in [4.78, 5) is 137. The van der Waals surface area contributed by atoms with Crippen LogP contribution in [0.5, 0.6) is 0 Å². The number of carboxylic acid groups (broad SMARTS) is 1. The van der Waals surface area contributed by atoms with Gasteiger partial charge in [-0.1, -0.05) is 64.4 Å². The first-order chi connectivity index (χ1) is 36.9. The van der Waals surface area contributed by atoms with Crippen molar-refractivity contribution in [2.24, 2.45) is 56.2 Å². The number of carbonyl (C=O) groups excluding carboxylic acids is 8. The van der Waals surface area contributed by atoms with Crippen LogP contribution in [0, 0.1) is 11.8 Å². The lowest BCUT2D eigenvalue weighted by Gasteiger charge is -2.31. The van der Waals surface area contributed by atoms with Crippen LogP contribution in [0.3, 0.4) is 0 Å². The van der Waals surface area contributed by atoms with Crippen molar-refractivity contribution in [3.63, 3.8) is 0 Å². The first-order valence-corrected chi connectivity index (χ1v) is 26.0. The number of aliphatic imine (C=N–C) groups is 2. The second-order valence-corrected chi connectivity index (χ2v) is 19.3. The molecule has 0 bridgehead atoms. The molecule has 0 saturated heterocycles. The van der Waals surface area contributed by atoms with Gasteiger partial charge >= 0.3 is 11.9 Å². The van der Waals surface area contributed by atoms with E-state index in [2.05, 4.69) is 57.2 Å². The summed E-state index contributed by atoms with van der Waals surface area (Å²) in [5.74, 6) is -9.15. The van der Waals surface area contributed by atoms with Crippen LogP contribution in [-0.2, 0) is 54.3 Å². The molecule has 10 atom stereocenters. The summed E-state index contributed by atoms with van der Waals surface area (Å²) in [7, 11) is 0. The molecular formula is C50H83N17O11. The van der Waals surface area contributed by atoms with Crippen LogP contribution >= 0.6 is 0 Å². The summed E-state index contributed by atoms with van der Waals surface area (Å²) in [6, 6.07) is -2.69. The summed E-state index contributed by atoms with van der Waals surface area (Å²) in [6.07, 6.45) is 3.02. The lowest BCUT2D eigenvalue weighted by atomic mass is 9.95. The maximum Gasteiger partial charge on any atom is 0.330 e. The first-order valence-electron chi connectivity index (χ1n) is 26.0. The van der Waals surface area contributed by atoms with Gasteiger partial charge in [0, 0.05) is 38.3 Å². The summed E-state index contributed by atoms with van der Waals surface area (Å²) in [6.45, 7) is 9.83. The highest BCUT2D eigenvalue weighted by atomic mass is 16.5. The number of imidazole rings is 1. The number of hydrogen-bond donors (Lipinski definition) is 15. The Morgan fingerprint density at radius 3 is 1.62 bits per heavy atom. The molecule has 434 valence electrons. The number of esters is 1. The molecule has 21 N–H and O–H groups in total. The number of nitrogens with two attached hydrogens (primary N) is 6. The molecule has 0 aliphatic rings. The van der Waals surface area contributed by atoms with E-state index >= 15 is 0 Å². The Kier molecular flexibility index (Phi) is 29.5. The predicted molar refractivity (Wildman–Crippen MR) is 290 cm³/mol. The Morgan fingerprint density at radius 1 is 0.654 bits per heavy atom. The summed E-state index contributed by atoms with van der Waals surface area (Å²) < 4.78 is 5.39. The number of nitrogens with one attached hydrogen (secondary N) is 8. The maximum absolute atomic E-state index is 14.4. The van der Waals surface area contributed by atoms with Crippen molar-refractivity contribution in [1.29, 1.82) is 0 Å². The van der Waals surface area contributed by atoms with Gasteiger partial charge in [0.05, 0.1) is 12.4 Å². The number of carboxylic acids is 1. The fraction of sp³-hybridized carbons (Fsp3) is 0.600. The number of aromatic amines is 1. The highest BCUT2D eigenvalue weighted by molar-refractivity contribution is 5.97. The molecule has 0 fully saturated rings. The van der Waals surface area contributed by atoms with Crippen molar-refractivity contribution in [3.8, 4) is 0 Å². The van der Waals surface area contributed by atoms with Gasteiger partial charge in [-0.2, -0.15) is 0 Å². The van der Waals surface area contributed by atoms with E-state index in [1.165, 1.54) is 31.6 Å². The van der Waals surface area contributed by atoms with E-state index in [4.69, 9.17) is 39.1 Å². The number of unbranched alkanes of at least 4 members (excludes halogenated alkanes) is 1. The number of aliphatic carboxylic acids is 1. The number of amides is 7. The van der Waals surface area contributed by atoms with Crippen molar-refractivity contribution in [1.82, 2.24) is 47.2 Å². The molecule has 7 amide bonds. The van der Waals surface area contributed by atoms with Crippen molar-refractivity contribution in [3.05, 3.63) is 54.1 Å². The second-order valence-electron chi connectivity index (χ2n) is 19.3. The summed E-state index contributed by atoms with van der Waals surface area (Å²) in [5.41, 5.74) is 34.9. The molecule has 2 rings (SSSR count). The molecule has 0 spiro atoms. The number of rotatable bonds is 36. The highest BCUT2D eigenvalue weighted by Gasteiger charge is 2.39. The predicted octanol–water partition coefficient (Wildman–Crippen LogP) is -2.59. The van der Waals surface area contributed by atoms with E-state index in [0.717, 1.165) is 6.92 Å². The van der Waals surface area contributed by atoms with E-state index in [9.17, 15) is 48.3 Å². The Balaban J connectivity index is 2.48. The highest BCUT2D eigenvalue weighted by Crippen LogP contribution is 2.23. The number of carbonyl (C=O) groups is 9. The zero-order valence-electron chi connectivity index (χ0n) is 45.4. The van der Waals surface area contributed by atoms with Gasteiger partial charge in [0.15, 0.2) is 24.1 Å². The Bertz CT molecular complexity index is 2310. The van der Waals surface area contributed by atoms with Gasteiger partial charge in [0.2, 0.25) is 41.4 Å². The molecule has 2 aromatic rings. The topological polar surface area (TPSA) is 477 Å². The summed E-state index contributed by atoms with van der Waals surface area (Å²) in [5, 5.41) is 28.7. The van der Waals surface area contributed by atoms with Gasteiger partial charge in [-0.25, -0.2) is 9.78 Å². The van der Waals surface area contributed by atoms with Crippen LogP contribution in [0.4, 0.5) is 0 Å². The number of aromatic nitrogens is 2. The number of ether oxygens (including phenoxy) is 1. The van der Waals surface area contributed by atoms with E-state index in [1.807, 2.05) is 0 Å². The normalized spacial score (nSPS) is 14.9. The zero-order valence-corrected chi connectivity index (χ0v) is 45.4. The monoisotopic (exact) mass is 1100 g/mol. The Morgan fingerprint density at radius 2 is 1.15 bits per heavy atom. The smallest absolute Gasteiger partial charge is 0.330 e. The number of H-pyrrole nitrogens is 1. The second kappa shape index (κ2) is 34.7. The fourth-order valence-electron chi connectivity index (χ4n) is 7.85. The van der Waals surface area contributed by atoms with Crippen LogP contribution in [0.1, 0.15) is 117 Å². The SMILES string of the molecule is CC[C@H](C)[C@H](NC(=O)[C@H](CC(C)C)NC(=O)[C@H](CCCN=C(N)N)NC(=O)[C@H](CCCN=C(N)N)NC(=O)[C@H](CCCCN)NC(=O)[C@H](C)NC(=O)[C@@H](N)Cc1cnc[nH]1)C(=O)N[C@@H](C(=O)O)C(OC(C)=O)c1ccccc1. The van der Waals surface area contributed by atoms with Crippen LogP contribution in [-0.4, -0.2) is 148 Å². The largest absolute Gasteiger partial charge is 0.480 e. The van der Waals surface area contributed by atoms with Gasteiger partial charge in [-0.05, 0) is 82.2 Å². The first kappa shape index (κ1) is 66.2. The minimum atomic E-state index is -1.78. The molecule has 0 radical (unpaired) electrons. The molecule has 78 heavy (non-hydrogen) atoms. The van der Waals surface area contributed by atoms with Gasteiger partial charge in [0.1, 0.15) is 36.3 Å². The summed E-state index contributed by atoms with van der Waals surface area (Å²) >= 11 is 0. The maximum atomic E-state index is 14.4. The van der Waals surface area contributed by atoms with E-state index in [1.54, 1.807) is 45.9 Å². The van der Waals surface area contributed by atoms with Crippen molar-refractivity contribution in [2.45, 2.75) is 160 Å². The van der Waals surface area contributed by atoms with E-state index in [-0.39, 0.29) is 88.0 Å². The molecule has 1 aromatic heterocycles. The molecule has 0 aliphatic carbocycles. The zero-order chi connectivity index (χ0) is 58.5. The molecule has 28 heteroatoms. The third kappa shape index (κ3) is 24.4. The Labute approximate surface area is 454 Å². The third-order valence-corrected chi connectivity index (χ3v) is 12.2. The molecule has 1 aromatic carbocycles. The van der Waals surface area contributed by atoms with Gasteiger partial charge in [-0.15, -0.1) is 0 Å². The minimum Gasteiger partial charge on any atom is -0.480 e. The number of hydrogen-bond acceptors (Lipinski definition) is 15. The fourth-order valence-corrected chi connectivity index (χ4v) is 7.85. The quantitative estimate of drug-likeness (QED) is 0.0144.